The van der Waals surface area contributed by atoms with Crippen molar-refractivity contribution in [2.75, 3.05) is 7.11 Å². The molecule has 0 aliphatic heterocycles. The Kier molecular flexibility index (Phi) is 8.48. The van der Waals surface area contributed by atoms with Crippen molar-refractivity contribution in [2.45, 2.75) is 57.0 Å². The molecule has 0 N–H and O–H groups in total. The van der Waals surface area contributed by atoms with Crippen LogP contribution in [-0.2, 0) is 27.1 Å². The van der Waals surface area contributed by atoms with Gasteiger partial charge in [-0.15, -0.1) is 0 Å². The van der Waals surface area contributed by atoms with Gasteiger partial charge in [-0.05, 0) is 68.0 Å². The topological polar surface area (TPSA) is 52.6 Å². The molecular weight excluding hydrogens is 420 g/mol. The van der Waals surface area contributed by atoms with E-state index < -0.39 is 16.2 Å². The normalized spacial score (nSPS) is 12.5. The summed E-state index contributed by atoms with van der Waals surface area (Å²) >= 11 is 0. The van der Waals surface area contributed by atoms with Gasteiger partial charge in [-0.25, -0.2) is 0 Å². The average Bonchev–Trinajstić information content (AvgIpc) is 2.81. The van der Waals surface area contributed by atoms with Gasteiger partial charge in [0, 0.05) is 5.56 Å². The van der Waals surface area contributed by atoms with E-state index in [-0.39, 0.29) is 4.90 Å². The zero-order valence-corrected chi connectivity index (χ0v) is 19.9. The molecule has 0 heterocycles. The molecule has 0 aliphatic rings. The molecule has 1 unspecified atom stereocenters. The van der Waals surface area contributed by atoms with E-state index >= 15 is 0 Å². The summed E-state index contributed by atoms with van der Waals surface area (Å²) in [6, 6.07) is 22.8. The minimum Gasteiger partial charge on any atom is -0.496 e. The highest BCUT2D eigenvalue weighted by Crippen LogP contribution is 2.35. The maximum atomic E-state index is 13.1. The molecule has 0 aromatic heterocycles. The predicted octanol–water partition coefficient (Wildman–Crippen LogP) is 6.43. The van der Waals surface area contributed by atoms with Crippen molar-refractivity contribution < 1.29 is 17.3 Å². The first-order valence-corrected chi connectivity index (χ1v) is 12.5. The van der Waals surface area contributed by atoms with E-state index in [0.29, 0.717) is 18.6 Å². The van der Waals surface area contributed by atoms with E-state index in [2.05, 4.69) is 6.92 Å². The van der Waals surface area contributed by atoms with Crippen molar-refractivity contribution in [2.24, 2.45) is 0 Å². The van der Waals surface area contributed by atoms with Crippen molar-refractivity contribution >= 4 is 10.1 Å². The first kappa shape index (κ1) is 24.0. The minimum atomic E-state index is -3.94. The lowest BCUT2D eigenvalue weighted by atomic mass is 9.97. The summed E-state index contributed by atoms with van der Waals surface area (Å²) in [5, 5.41) is 0. The van der Waals surface area contributed by atoms with Crippen LogP contribution in [0.5, 0.6) is 5.75 Å². The van der Waals surface area contributed by atoms with Gasteiger partial charge in [0.1, 0.15) is 11.9 Å². The Bertz CT molecular complexity index is 1090. The molecule has 3 aromatic rings. The van der Waals surface area contributed by atoms with Crippen LogP contribution in [0, 0.1) is 6.92 Å². The summed E-state index contributed by atoms with van der Waals surface area (Å²) < 4.78 is 37.7. The molecule has 1 atom stereocenters. The largest absolute Gasteiger partial charge is 0.496 e. The van der Waals surface area contributed by atoms with Crippen LogP contribution in [0.2, 0.25) is 0 Å². The molecule has 5 heteroatoms. The first-order valence-electron chi connectivity index (χ1n) is 11.1. The number of rotatable bonds is 11. The van der Waals surface area contributed by atoms with Crippen LogP contribution in [0.4, 0.5) is 0 Å². The number of unbranched alkanes of at least 4 members (excludes halogenated alkanes) is 1. The first-order chi connectivity index (χ1) is 15.4. The van der Waals surface area contributed by atoms with Crippen molar-refractivity contribution in [3.8, 4) is 5.75 Å². The third-order valence-corrected chi connectivity index (χ3v) is 6.89. The van der Waals surface area contributed by atoms with E-state index in [9.17, 15) is 8.42 Å². The number of benzene rings is 3. The fraction of sp³-hybridized carbons (Fsp3) is 0.333. The Morgan fingerprint density at radius 2 is 1.59 bits per heavy atom. The van der Waals surface area contributed by atoms with Crippen LogP contribution in [0.3, 0.4) is 0 Å². The number of hydrogen-bond donors (Lipinski definition) is 0. The van der Waals surface area contributed by atoms with Gasteiger partial charge < -0.3 is 4.74 Å². The highest BCUT2D eigenvalue weighted by Gasteiger charge is 2.26. The molecule has 0 aliphatic carbocycles. The number of aryl methyl sites for hydroxylation is 3. The van der Waals surface area contributed by atoms with Crippen molar-refractivity contribution in [3.05, 3.63) is 95.1 Å². The third kappa shape index (κ3) is 6.44. The Morgan fingerprint density at radius 1 is 0.875 bits per heavy atom. The predicted molar refractivity (Wildman–Crippen MR) is 129 cm³/mol. The maximum absolute atomic E-state index is 13.1. The highest BCUT2D eigenvalue weighted by molar-refractivity contribution is 7.86. The lowest BCUT2D eigenvalue weighted by Gasteiger charge is -2.21. The number of ether oxygens (including phenoxy) is 1. The van der Waals surface area contributed by atoms with Crippen LogP contribution in [-0.4, -0.2) is 15.5 Å². The zero-order chi connectivity index (χ0) is 23.0. The highest BCUT2D eigenvalue weighted by atomic mass is 32.2. The third-order valence-electron chi connectivity index (χ3n) is 5.55. The second-order valence-corrected chi connectivity index (χ2v) is 9.63. The Balaban J connectivity index is 1.95. The standard InChI is InChI=1S/C27H32O4S/c1-4-5-9-23-15-18-26(30-3)25(20-23)27(19-14-22-10-7-6-8-11-22)31-32(28,29)24-16-12-21(2)13-17-24/h6-8,10-13,15-18,20,27H,4-5,9,14,19H2,1-3H3. The van der Waals surface area contributed by atoms with Gasteiger partial charge in [0.15, 0.2) is 0 Å². The molecule has 3 rings (SSSR count). The van der Waals surface area contributed by atoms with Gasteiger partial charge in [-0.2, -0.15) is 8.42 Å². The molecule has 3 aromatic carbocycles. The summed E-state index contributed by atoms with van der Waals surface area (Å²) in [7, 11) is -2.33. The van der Waals surface area contributed by atoms with E-state index in [1.165, 1.54) is 0 Å². The Morgan fingerprint density at radius 3 is 2.25 bits per heavy atom. The molecular formula is C27H32O4S. The Labute approximate surface area is 192 Å². The summed E-state index contributed by atoms with van der Waals surface area (Å²) in [4.78, 5) is 0.161. The van der Waals surface area contributed by atoms with Gasteiger partial charge in [0.25, 0.3) is 10.1 Å². The van der Waals surface area contributed by atoms with Gasteiger partial charge in [-0.1, -0.05) is 67.4 Å². The van der Waals surface area contributed by atoms with Crippen LogP contribution >= 0.6 is 0 Å². The Hall–Kier alpha value is -2.63. The van der Waals surface area contributed by atoms with Gasteiger partial charge in [0.2, 0.25) is 0 Å². The van der Waals surface area contributed by atoms with E-state index in [1.807, 2.05) is 55.5 Å². The average molecular weight is 453 g/mol. The molecule has 170 valence electrons. The van der Waals surface area contributed by atoms with Crippen LogP contribution in [0.1, 0.15) is 54.5 Å². The second-order valence-electron chi connectivity index (χ2n) is 8.06. The van der Waals surface area contributed by atoms with Crippen LogP contribution in [0.15, 0.2) is 77.7 Å². The van der Waals surface area contributed by atoms with Crippen molar-refractivity contribution in [1.82, 2.24) is 0 Å². The number of hydrogen-bond acceptors (Lipinski definition) is 4. The van der Waals surface area contributed by atoms with E-state index in [0.717, 1.165) is 41.5 Å². The number of methoxy groups -OCH3 is 1. The molecule has 0 radical (unpaired) electrons. The van der Waals surface area contributed by atoms with Gasteiger partial charge in [-0.3, -0.25) is 4.18 Å². The molecule has 0 saturated heterocycles. The zero-order valence-electron chi connectivity index (χ0n) is 19.1. The van der Waals surface area contributed by atoms with E-state index in [4.69, 9.17) is 8.92 Å². The molecule has 0 amide bonds. The van der Waals surface area contributed by atoms with Gasteiger partial charge in [0.05, 0.1) is 12.0 Å². The second kappa shape index (κ2) is 11.3. The molecule has 0 saturated carbocycles. The monoisotopic (exact) mass is 452 g/mol. The van der Waals surface area contributed by atoms with Crippen molar-refractivity contribution in [3.63, 3.8) is 0 Å². The lowest BCUT2D eigenvalue weighted by molar-refractivity contribution is 0.198. The molecule has 0 spiro atoms. The van der Waals surface area contributed by atoms with Crippen molar-refractivity contribution in [1.29, 1.82) is 0 Å². The summed E-state index contributed by atoms with van der Waals surface area (Å²) in [6.45, 7) is 4.08. The summed E-state index contributed by atoms with van der Waals surface area (Å²) in [5.74, 6) is 0.641. The SMILES string of the molecule is CCCCc1ccc(OC)c(C(CCc2ccccc2)OS(=O)(=O)c2ccc(C)cc2)c1. The lowest BCUT2D eigenvalue weighted by Crippen LogP contribution is -2.15. The van der Waals surface area contributed by atoms with Crippen LogP contribution < -0.4 is 4.74 Å². The fourth-order valence-electron chi connectivity index (χ4n) is 3.68. The quantitative estimate of drug-likeness (QED) is 0.315. The molecule has 32 heavy (non-hydrogen) atoms. The van der Waals surface area contributed by atoms with E-state index in [1.54, 1.807) is 31.4 Å². The minimum absolute atomic E-state index is 0.161. The summed E-state index contributed by atoms with van der Waals surface area (Å²) in [6.07, 6.45) is 3.65. The molecule has 0 fully saturated rings. The molecule has 4 nitrogen and oxygen atoms in total. The summed E-state index contributed by atoms with van der Waals surface area (Å²) in [5.41, 5.74) is 4.06. The maximum Gasteiger partial charge on any atom is 0.297 e. The fourth-order valence-corrected chi connectivity index (χ4v) is 4.77. The molecule has 0 bridgehead atoms. The smallest absolute Gasteiger partial charge is 0.297 e. The van der Waals surface area contributed by atoms with Gasteiger partial charge >= 0.3 is 0 Å². The van der Waals surface area contributed by atoms with Crippen LogP contribution in [0.25, 0.3) is 0 Å².